The molecule has 0 saturated heterocycles. The van der Waals surface area contributed by atoms with Crippen LogP contribution in [0.2, 0.25) is 0 Å². The molecule has 0 aliphatic heterocycles. The SMILES string of the molecule is CCNC(=NCc1ccc(-n2cncn2)cc1)NCC1(CCOCC)CCCC1.I. The number of rotatable bonds is 10. The first-order chi connectivity index (χ1) is 14.2. The predicted molar refractivity (Wildman–Crippen MR) is 132 cm³/mol. The topological polar surface area (TPSA) is 76.4 Å². The molecule has 30 heavy (non-hydrogen) atoms. The highest BCUT2D eigenvalue weighted by Crippen LogP contribution is 2.40. The molecule has 1 aromatic carbocycles. The predicted octanol–water partition coefficient (Wildman–Crippen LogP) is 3.93. The van der Waals surface area contributed by atoms with Crippen LogP contribution in [-0.4, -0.2) is 47.0 Å². The summed E-state index contributed by atoms with van der Waals surface area (Å²) in [6.07, 6.45) is 9.55. The second-order valence-electron chi connectivity index (χ2n) is 7.71. The van der Waals surface area contributed by atoms with Gasteiger partial charge in [-0.3, -0.25) is 0 Å². The summed E-state index contributed by atoms with van der Waals surface area (Å²) in [6.45, 7) is 8.25. The quantitative estimate of drug-likeness (QED) is 0.213. The molecule has 0 atom stereocenters. The van der Waals surface area contributed by atoms with Gasteiger partial charge < -0.3 is 15.4 Å². The Morgan fingerprint density at radius 1 is 1.17 bits per heavy atom. The van der Waals surface area contributed by atoms with Crippen molar-refractivity contribution >= 4 is 29.9 Å². The lowest BCUT2D eigenvalue weighted by molar-refractivity contribution is 0.105. The van der Waals surface area contributed by atoms with Crippen LogP contribution in [0.25, 0.3) is 5.69 Å². The van der Waals surface area contributed by atoms with Gasteiger partial charge in [0.05, 0.1) is 12.2 Å². The summed E-state index contributed by atoms with van der Waals surface area (Å²) < 4.78 is 7.38. The molecule has 3 rings (SSSR count). The first-order valence-corrected chi connectivity index (χ1v) is 10.8. The number of ether oxygens (including phenoxy) is 1. The van der Waals surface area contributed by atoms with Gasteiger partial charge in [0, 0.05) is 26.3 Å². The number of benzene rings is 1. The second-order valence-corrected chi connectivity index (χ2v) is 7.71. The molecular weight excluding hydrogens is 491 g/mol. The minimum Gasteiger partial charge on any atom is -0.382 e. The molecule has 166 valence electrons. The average molecular weight is 526 g/mol. The normalized spacial score (nSPS) is 15.6. The Bertz CT molecular complexity index is 741. The monoisotopic (exact) mass is 526 g/mol. The Hall–Kier alpha value is -1.68. The number of hydrogen-bond acceptors (Lipinski definition) is 4. The van der Waals surface area contributed by atoms with E-state index in [1.807, 2.05) is 12.1 Å². The van der Waals surface area contributed by atoms with Crippen molar-refractivity contribution in [1.82, 2.24) is 25.4 Å². The number of aliphatic imine (C=N–C) groups is 1. The van der Waals surface area contributed by atoms with Gasteiger partial charge >= 0.3 is 0 Å². The van der Waals surface area contributed by atoms with Crippen molar-refractivity contribution in [3.8, 4) is 5.69 Å². The molecule has 1 fully saturated rings. The maximum atomic E-state index is 5.63. The van der Waals surface area contributed by atoms with E-state index >= 15 is 0 Å². The molecule has 0 radical (unpaired) electrons. The van der Waals surface area contributed by atoms with E-state index in [0.717, 1.165) is 49.9 Å². The number of guanidine groups is 1. The van der Waals surface area contributed by atoms with Crippen LogP contribution in [0.15, 0.2) is 41.9 Å². The highest BCUT2D eigenvalue weighted by Gasteiger charge is 2.33. The molecule has 2 aromatic rings. The summed E-state index contributed by atoms with van der Waals surface area (Å²) in [4.78, 5) is 8.78. The number of nitrogens with one attached hydrogen (secondary N) is 2. The minimum absolute atomic E-state index is 0. The molecular formula is C22H35IN6O. The highest BCUT2D eigenvalue weighted by atomic mass is 127. The maximum absolute atomic E-state index is 5.63. The Kier molecular flexibility index (Phi) is 10.6. The molecule has 7 nitrogen and oxygen atoms in total. The van der Waals surface area contributed by atoms with E-state index in [-0.39, 0.29) is 24.0 Å². The fourth-order valence-electron chi connectivity index (χ4n) is 3.95. The van der Waals surface area contributed by atoms with Gasteiger partial charge in [0.15, 0.2) is 5.96 Å². The van der Waals surface area contributed by atoms with E-state index in [1.54, 1.807) is 11.0 Å². The van der Waals surface area contributed by atoms with Gasteiger partial charge in [-0.05, 0) is 56.2 Å². The van der Waals surface area contributed by atoms with Crippen LogP contribution in [0.1, 0.15) is 51.5 Å². The Labute approximate surface area is 197 Å². The third kappa shape index (κ3) is 7.23. The summed E-state index contributed by atoms with van der Waals surface area (Å²) in [6, 6.07) is 8.26. The lowest BCUT2D eigenvalue weighted by Gasteiger charge is -2.30. The number of aromatic nitrogens is 3. The number of nitrogens with zero attached hydrogens (tertiary/aromatic N) is 4. The molecule has 1 aliphatic rings. The molecule has 0 unspecified atom stereocenters. The van der Waals surface area contributed by atoms with Crippen molar-refractivity contribution in [3.63, 3.8) is 0 Å². The Balaban J connectivity index is 0.00000320. The van der Waals surface area contributed by atoms with Gasteiger partial charge in [0.1, 0.15) is 12.7 Å². The van der Waals surface area contributed by atoms with Crippen LogP contribution < -0.4 is 10.6 Å². The molecule has 2 N–H and O–H groups in total. The smallest absolute Gasteiger partial charge is 0.191 e. The zero-order valence-electron chi connectivity index (χ0n) is 18.1. The van der Waals surface area contributed by atoms with E-state index in [9.17, 15) is 0 Å². The standard InChI is InChI=1S/C22H34N6O.HI/c1-3-24-21(26-16-22(11-5-6-12-22)13-14-29-4-2)25-15-19-7-9-20(10-8-19)28-18-23-17-27-28;/h7-10,17-18H,3-6,11-16H2,1-2H3,(H2,24,25,26);1H. The van der Waals surface area contributed by atoms with Crippen molar-refractivity contribution < 1.29 is 4.74 Å². The van der Waals surface area contributed by atoms with Crippen molar-refractivity contribution in [3.05, 3.63) is 42.5 Å². The first kappa shape index (κ1) is 24.6. The number of hydrogen-bond donors (Lipinski definition) is 2. The molecule has 1 aliphatic carbocycles. The molecule has 1 saturated carbocycles. The molecule has 8 heteroatoms. The van der Waals surface area contributed by atoms with Gasteiger partial charge in [-0.15, -0.1) is 24.0 Å². The van der Waals surface area contributed by atoms with Crippen LogP contribution >= 0.6 is 24.0 Å². The van der Waals surface area contributed by atoms with E-state index in [4.69, 9.17) is 9.73 Å². The van der Waals surface area contributed by atoms with Crippen molar-refractivity contribution in [2.75, 3.05) is 26.3 Å². The molecule has 0 bridgehead atoms. The second kappa shape index (κ2) is 12.9. The van der Waals surface area contributed by atoms with E-state index in [2.05, 4.69) is 46.7 Å². The van der Waals surface area contributed by atoms with E-state index < -0.39 is 0 Å². The van der Waals surface area contributed by atoms with Gasteiger partial charge in [-0.2, -0.15) is 5.10 Å². The van der Waals surface area contributed by atoms with Gasteiger partial charge in [0.25, 0.3) is 0 Å². The lowest BCUT2D eigenvalue weighted by Crippen LogP contribution is -2.43. The van der Waals surface area contributed by atoms with Crippen molar-refractivity contribution in [2.24, 2.45) is 10.4 Å². The fraction of sp³-hybridized carbons (Fsp3) is 0.591. The third-order valence-corrected chi connectivity index (χ3v) is 5.66. The first-order valence-electron chi connectivity index (χ1n) is 10.8. The largest absolute Gasteiger partial charge is 0.382 e. The summed E-state index contributed by atoms with van der Waals surface area (Å²) in [5, 5.41) is 11.1. The Morgan fingerprint density at radius 3 is 2.57 bits per heavy atom. The fourth-order valence-corrected chi connectivity index (χ4v) is 3.95. The summed E-state index contributed by atoms with van der Waals surface area (Å²) in [5.74, 6) is 0.885. The maximum Gasteiger partial charge on any atom is 0.191 e. The summed E-state index contributed by atoms with van der Waals surface area (Å²) in [5.41, 5.74) is 2.50. The van der Waals surface area contributed by atoms with Crippen LogP contribution in [-0.2, 0) is 11.3 Å². The Morgan fingerprint density at radius 2 is 1.93 bits per heavy atom. The highest BCUT2D eigenvalue weighted by molar-refractivity contribution is 14.0. The van der Waals surface area contributed by atoms with Crippen LogP contribution in [0.3, 0.4) is 0 Å². The molecule has 0 amide bonds. The van der Waals surface area contributed by atoms with Crippen molar-refractivity contribution in [1.29, 1.82) is 0 Å². The van der Waals surface area contributed by atoms with Crippen LogP contribution in [0, 0.1) is 5.41 Å². The van der Waals surface area contributed by atoms with E-state index in [0.29, 0.717) is 12.0 Å². The lowest BCUT2D eigenvalue weighted by atomic mass is 9.83. The zero-order chi connectivity index (χ0) is 20.4. The van der Waals surface area contributed by atoms with Gasteiger partial charge in [-0.25, -0.2) is 14.7 Å². The van der Waals surface area contributed by atoms with Crippen LogP contribution in [0.4, 0.5) is 0 Å². The minimum atomic E-state index is 0. The molecule has 0 spiro atoms. The number of halogens is 1. The van der Waals surface area contributed by atoms with Crippen molar-refractivity contribution in [2.45, 2.75) is 52.5 Å². The molecule has 1 heterocycles. The summed E-state index contributed by atoms with van der Waals surface area (Å²) in [7, 11) is 0. The zero-order valence-corrected chi connectivity index (χ0v) is 20.5. The third-order valence-electron chi connectivity index (χ3n) is 5.66. The van der Waals surface area contributed by atoms with Gasteiger partial charge in [0.2, 0.25) is 0 Å². The average Bonchev–Trinajstić information content (AvgIpc) is 3.44. The van der Waals surface area contributed by atoms with E-state index in [1.165, 1.54) is 32.0 Å². The van der Waals surface area contributed by atoms with Gasteiger partial charge in [-0.1, -0.05) is 25.0 Å². The summed E-state index contributed by atoms with van der Waals surface area (Å²) >= 11 is 0. The van der Waals surface area contributed by atoms with Crippen LogP contribution in [0.5, 0.6) is 0 Å². The molecule has 1 aromatic heterocycles.